The largest absolute Gasteiger partial charge is 0.516 e. The zero-order valence-electron chi connectivity index (χ0n) is 9.19. The van der Waals surface area contributed by atoms with Crippen LogP contribution in [-0.4, -0.2) is 27.8 Å². The number of hydrogen-bond donors (Lipinski definition) is 1. The van der Waals surface area contributed by atoms with Crippen molar-refractivity contribution >= 4 is 15.7 Å². The third-order valence-corrected chi connectivity index (χ3v) is 2.87. The molecule has 0 aromatic heterocycles. The van der Waals surface area contributed by atoms with Gasteiger partial charge in [-0.05, 0) is 12.1 Å². The predicted octanol–water partition coefficient (Wildman–Crippen LogP) is 1.93. The third-order valence-electron chi connectivity index (χ3n) is 1.77. The van der Waals surface area contributed by atoms with Crippen LogP contribution in [-0.2, 0) is 14.8 Å². The van der Waals surface area contributed by atoms with Crippen molar-refractivity contribution in [3.8, 4) is 5.75 Å². The van der Waals surface area contributed by atoms with Gasteiger partial charge in [0, 0.05) is 7.11 Å². The standard InChI is InChI=1S/C9H10F3NO4S/c1-16-6-17-8-5-3-2-4-7(8)13-18(14,15)9(10,11)12/h2-5,13H,6H2,1H3. The number of methoxy groups -OCH3 is 1. The van der Waals surface area contributed by atoms with Gasteiger partial charge in [-0.3, -0.25) is 4.72 Å². The zero-order valence-corrected chi connectivity index (χ0v) is 10.0. The molecule has 0 atom stereocenters. The van der Waals surface area contributed by atoms with E-state index in [9.17, 15) is 21.6 Å². The van der Waals surface area contributed by atoms with E-state index in [1.807, 2.05) is 0 Å². The van der Waals surface area contributed by atoms with Crippen molar-refractivity contribution < 1.29 is 31.1 Å². The van der Waals surface area contributed by atoms with Gasteiger partial charge in [-0.1, -0.05) is 12.1 Å². The SMILES string of the molecule is COCOc1ccccc1NS(=O)(=O)C(F)(F)F. The molecule has 1 aromatic rings. The first-order valence-corrected chi connectivity index (χ1v) is 6.06. The van der Waals surface area contributed by atoms with E-state index < -0.39 is 15.5 Å². The fourth-order valence-electron chi connectivity index (χ4n) is 1.00. The predicted molar refractivity (Wildman–Crippen MR) is 57.5 cm³/mol. The Kier molecular flexibility index (Phi) is 4.41. The van der Waals surface area contributed by atoms with Crippen LogP contribution in [0.2, 0.25) is 0 Å². The van der Waals surface area contributed by atoms with Crippen LogP contribution >= 0.6 is 0 Å². The van der Waals surface area contributed by atoms with Crippen molar-refractivity contribution in [3.63, 3.8) is 0 Å². The fraction of sp³-hybridized carbons (Fsp3) is 0.333. The lowest BCUT2D eigenvalue weighted by atomic mass is 10.3. The average Bonchev–Trinajstić information content (AvgIpc) is 2.26. The molecule has 18 heavy (non-hydrogen) atoms. The molecule has 1 rings (SSSR count). The summed E-state index contributed by atoms with van der Waals surface area (Å²) in [6.45, 7) is -0.218. The number of alkyl halides is 3. The Balaban J connectivity index is 2.98. The molecule has 0 heterocycles. The Hall–Kier alpha value is -1.48. The van der Waals surface area contributed by atoms with Gasteiger partial charge < -0.3 is 9.47 Å². The maximum atomic E-state index is 12.2. The van der Waals surface area contributed by atoms with E-state index in [1.54, 1.807) is 0 Å². The quantitative estimate of drug-likeness (QED) is 0.840. The van der Waals surface area contributed by atoms with E-state index in [4.69, 9.17) is 4.74 Å². The molecular weight excluding hydrogens is 275 g/mol. The van der Waals surface area contributed by atoms with Gasteiger partial charge in [0.2, 0.25) is 0 Å². The van der Waals surface area contributed by atoms with Crippen molar-refractivity contribution in [2.24, 2.45) is 0 Å². The number of nitrogens with one attached hydrogen (secondary N) is 1. The van der Waals surface area contributed by atoms with Crippen LogP contribution in [0.25, 0.3) is 0 Å². The van der Waals surface area contributed by atoms with Crippen LogP contribution in [0.5, 0.6) is 5.75 Å². The Morgan fingerprint density at radius 3 is 2.44 bits per heavy atom. The minimum Gasteiger partial charge on any atom is -0.465 e. The number of rotatable bonds is 5. The lowest BCUT2D eigenvalue weighted by molar-refractivity contribution is -0.0429. The van der Waals surface area contributed by atoms with Crippen molar-refractivity contribution in [2.45, 2.75) is 5.51 Å². The van der Waals surface area contributed by atoms with Gasteiger partial charge >= 0.3 is 15.5 Å². The smallest absolute Gasteiger partial charge is 0.465 e. The number of para-hydroxylation sites is 2. The molecule has 0 unspecified atom stereocenters. The summed E-state index contributed by atoms with van der Waals surface area (Å²) in [7, 11) is -4.15. The highest BCUT2D eigenvalue weighted by Crippen LogP contribution is 2.30. The van der Waals surface area contributed by atoms with E-state index in [0.29, 0.717) is 0 Å². The molecule has 0 aliphatic rings. The maximum absolute atomic E-state index is 12.2. The van der Waals surface area contributed by atoms with Crippen LogP contribution in [0.15, 0.2) is 24.3 Å². The summed E-state index contributed by atoms with van der Waals surface area (Å²) in [4.78, 5) is 0. The minimum absolute atomic E-state index is 0.0628. The van der Waals surface area contributed by atoms with E-state index >= 15 is 0 Å². The summed E-state index contributed by atoms with van der Waals surface area (Å²) in [5, 5.41) is 0. The number of benzene rings is 1. The van der Waals surface area contributed by atoms with E-state index in [-0.39, 0.29) is 18.2 Å². The number of sulfonamides is 1. The van der Waals surface area contributed by atoms with Gasteiger partial charge in [0.05, 0.1) is 5.69 Å². The van der Waals surface area contributed by atoms with Crippen LogP contribution in [0.1, 0.15) is 0 Å². The molecule has 0 aliphatic carbocycles. The minimum atomic E-state index is -5.47. The molecule has 0 saturated heterocycles. The highest BCUT2D eigenvalue weighted by atomic mass is 32.2. The molecule has 0 saturated carbocycles. The summed E-state index contributed by atoms with van der Waals surface area (Å²) in [5.41, 5.74) is -5.70. The van der Waals surface area contributed by atoms with E-state index in [0.717, 1.165) is 6.07 Å². The second-order valence-electron chi connectivity index (χ2n) is 3.10. The number of ether oxygens (including phenoxy) is 2. The first kappa shape index (κ1) is 14.6. The van der Waals surface area contributed by atoms with Gasteiger partial charge in [-0.2, -0.15) is 21.6 Å². The average molecular weight is 285 g/mol. The van der Waals surface area contributed by atoms with E-state index in [1.165, 1.54) is 30.0 Å². The van der Waals surface area contributed by atoms with Gasteiger partial charge in [-0.25, -0.2) is 0 Å². The van der Waals surface area contributed by atoms with Crippen LogP contribution in [0, 0.1) is 0 Å². The summed E-state index contributed by atoms with van der Waals surface area (Å²) >= 11 is 0. The van der Waals surface area contributed by atoms with Gasteiger partial charge in [0.15, 0.2) is 6.79 Å². The highest BCUT2D eigenvalue weighted by Gasteiger charge is 2.46. The monoisotopic (exact) mass is 285 g/mol. The van der Waals surface area contributed by atoms with Crippen molar-refractivity contribution in [1.82, 2.24) is 0 Å². The summed E-state index contributed by atoms with van der Waals surface area (Å²) in [5.74, 6) is -0.0628. The van der Waals surface area contributed by atoms with Crippen LogP contribution in [0.4, 0.5) is 18.9 Å². The summed E-state index contributed by atoms with van der Waals surface area (Å²) < 4.78 is 69.3. The topological polar surface area (TPSA) is 64.6 Å². The number of halogens is 3. The number of anilines is 1. The molecular formula is C9H10F3NO4S. The zero-order chi connectivity index (χ0) is 13.8. The summed E-state index contributed by atoms with van der Waals surface area (Å²) in [6.07, 6.45) is 0. The first-order valence-electron chi connectivity index (χ1n) is 4.58. The number of hydrogen-bond acceptors (Lipinski definition) is 4. The normalized spacial score (nSPS) is 12.2. The van der Waals surface area contributed by atoms with Crippen molar-refractivity contribution in [3.05, 3.63) is 24.3 Å². The Morgan fingerprint density at radius 2 is 1.89 bits per heavy atom. The molecule has 9 heteroatoms. The maximum Gasteiger partial charge on any atom is 0.516 e. The molecule has 0 fully saturated rings. The molecule has 102 valence electrons. The lowest BCUT2D eigenvalue weighted by Gasteiger charge is -2.14. The van der Waals surface area contributed by atoms with Crippen LogP contribution in [0.3, 0.4) is 0 Å². The first-order chi connectivity index (χ1) is 8.28. The van der Waals surface area contributed by atoms with Crippen LogP contribution < -0.4 is 9.46 Å². The van der Waals surface area contributed by atoms with Gasteiger partial charge in [0.25, 0.3) is 0 Å². The molecule has 0 radical (unpaired) electrons. The Labute approximate surface area is 102 Å². The molecule has 0 amide bonds. The highest BCUT2D eigenvalue weighted by molar-refractivity contribution is 7.93. The third kappa shape index (κ3) is 3.50. The molecule has 5 nitrogen and oxygen atoms in total. The molecule has 0 spiro atoms. The molecule has 1 N–H and O–H groups in total. The van der Waals surface area contributed by atoms with Gasteiger partial charge in [0.1, 0.15) is 5.75 Å². The van der Waals surface area contributed by atoms with Gasteiger partial charge in [-0.15, -0.1) is 0 Å². The molecule has 0 bridgehead atoms. The lowest BCUT2D eigenvalue weighted by Crippen LogP contribution is -2.30. The fourth-order valence-corrected chi connectivity index (χ4v) is 1.58. The Morgan fingerprint density at radius 1 is 1.28 bits per heavy atom. The molecule has 1 aromatic carbocycles. The molecule has 0 aliphatic heterocycles. The second-order valence-corrected chi connectivity index (χ2v) is 4.77. The second kappa shape index (κ2) is 5.44. The van der Waals surface area contributed by atoms with Crippen molar-refractivity contribution in [1.29, 1.82) is 0 Å². The summed E-state index contributed by atoms with van der Waals surface area (Å²) in [6, 6.07) is 5.31. The van der Waals surface area contributed by atoms with E-state index in [2.05, 4.69) is 4.74 Å². The van der Waals surface area contributed by atoms with Crippen molar-refractivity contribution in [2.75, 3.05) is 18.6 Å². The Bertz CT molecular complexity index is 501.